The van der Waals surface area contributed by atoms with E-state index in [1.807, 2.05) is 0 Å². The van der Waals surface area contributed by atoms with E-state index in [2.05, 4.69) is 14.9 Å². The number of aromatic nitrogens is 2. The van der Waals surface area contributed by atoms with Crippen LogP contribution < -0.4 is 4.74 Å². The van der Waals surface area contributed by atoms with Gasteiger partial charge in [-0.2, -0.15) is 13.2 Å². The molecule has 0 atom stereocenters. The third-order valence-electron chi connectivity index (χ3n) is 5.74. The van der Waals surface area contributed by atoms with E-state index in [0.29, 0.717) is 12.0 Å². The lowest BCUT2D eigenvalue weighted by Gasteiger charge is -2.26. The van der Waals surface area contributed by atoms with Crippen LogP contribution >= 0.6 is 0 Å². The van der Waals surface area contributed by atoms with E-state index in [4.69, 9.17) is 9.47 Å². The van der Waals surface area contributed by atoms with Crippen LogP contribution in [-0.2, 0) is 22.1 Å². The van der Waals surface area contributed by atoms with Gasteiger partial charge >= 0.3 is 6.18 Å². The molecule has 0 radical (unpaired) electrons. The molecule has 1 aromatic carbocycles. The summed E-state index contributed by atoms with van der Waals surface area (Å²) in [6.45, 7) is 4.23. The zero-order valence-corrected chi connectivity index (χ0v) is 18.5. The maximum Gasteiger partial charge on any atom is 0.418 e. The summed E-state index contributed by atoms with van der Waals surface area (Å²) in [5.74, 6) is -1.15. The van der Waals surface area contributed by atoms with Crippen molar-refractivity contribution >= 4 is 16.8 Å². The standard InChI is InChI=1S/C24H25F4N3O3/c25-19-14-16(13-17(32)3-1-2-8-31-9-11-33-12-10-31)4-5-20(19)34-21-6-7-29-23-22(21)18(15-30-23)24(26,27)28/h4-7,14-15H,1-3,8-13H2,(H,29,30). The lowest BCUT2D eigenvalue weighted by Crippen LogP contribution is -2.36. The molecule has 0 saturated carbocycles. The molecule has 1 N–H and O–H groups in total. The normalized spacial score (nSPS) is 15.1. The SMILES string of the molecule is O=C(CCCCN1CCOCC1)Cc1ccc(Oc2ccnc3[nH]cc(C(F)(F)F)c23)c(F)c1. The van der Waals surface area contributed by atoms with Crippen molar-refractivity contribution in [3.63, 3.8) is 0 Å². The molecule has 0 amide bonds. The van der Waals surface area contributed by atoms with E-state index in [9.17, 15) is 22.4 Å². The number of carbonyl (C=O) groups is 1. The second kappa shape index (κ2) is 10.5. The number of nitrogens with zero attached hydrogens (tertiary/aromatic N) is 2. The quantitative estimate of drug-likeness (QED) is 0.341. The van der Waals surface area contributed by atoms with Crippen LogP contribution in [0.4, 0.5) is 17.6 Å². The summed E-state index contributed by atoms with van der Waals surface area (Å²) >= 11 is 0. The fourth-order valence-electron chi connectivity index (χ4n) is 3.99. The van der Waals surface area contributed by atoms with Crippen LogP contribution in [0.1, 0.15) is 30.4 Å². The van der Waals surface area contributed by atoms with E-state index in [0.717, 1.165) is 51.9 Å². The number of H-pyrrole nitrogens is 1. The molecule has 1 fully saturated rings. The first kappa shape index (κ1) is 24.2. The Labute approximate surface area is 193 Å². The van der Waals surface area contributed by atoms with Gasteiger partial charge in [0.25, 0.3) is 0 Å². The second-order valence-corrected chi connectivity index (χ2v) is 8.23. The lowest BCUT2D eigenvalue weighted by molar-refractivity contribution is -0.136. The average Bonchev–Trinajstić information content (AvgIpc) is 3.25. The summed E-state index contributed by atoms with van der Waals surface area (Å²) in [5.41, 5.74) is -0.469. The number of fused-ring (bicyclic) bond motifs is 1. The number of hydrogen-bond donors (Lipinski definition) is 1. The van der Waals surface area contributed by atoms with E-state index < -0.39 is 17.6 Å². The van der Waals surface area contributed by atoms with Crippen molar-refractivity contribution in [1.82, 2.24) is 14.9 Å². The minimum absolute atomic E-state index is 0.00744. The van der Waals surface area contributed by atoms with Gasteiger partial charge in [-0.15, -0.1) is 0 Å². The summed E-state index contributed by atoms with van der Waals surface area (Å²) in [6.07, 6.45) is -0.376. The predicted molar refractivity (Wildman–Crippen MR) is 117 cm³/mol. The van der Waals surface area contributed by atoms with Gasteiger partial charge in [-0.1, -0.05) is 6.07 Å². The molecule has 2 aromatic heterocycles. The fourth-order valence-corrected chi connectivity index (χ4v) is 3.99. The molecule has 3 aromatic rings. The zero-order chi connectivity index (χ0) is 24.1. The number of halogens is 4. The van der Waals surface area contributed by atoms with Crippen LogP contribution in [-0.4, -0.2) is 53.5 Å². The Morgan fingerprint density at radius 1 is 1.15 bits per heavy atom. The Balaban J connectivity index is 1.35. The molecular formula is C24H25F4N3O3. The van der Waals surface area contributed by atoms with Crippen LogP contribution in [0.2, 0.25) is 0 Å². The number of rotatable bonds is 9. The predicted octanol–water partition coefficient (Wildman–Crippen LogP) is 5.13. The van der Waals surface area contributed by atoms with Crippen LogP contribution in [0.3, 0.4) is 0 Å². The van der Waals surface area contributed by atoms with Crippen LogP contribution in [0.25, 0.3) is 11.0 Å². The largest absolute Gasteiger partial charge is 0.453 e. The second-order valence-electron chi connectivity index (χ2n) is 8.23. The van der Waals surface area contributed by atoms with E-state index in [1.165, 1.54) is 24.4 Å². The van der Waals surface area contributed by atoms with Gasteiger partial charge in [-0.3, -0.25) is 9.69 Å². The number of aromatic amines is 1. The Morgan fingerprint density at radius 3 is 2.68 bits per heavy atom. The number of alkyl halides is 3. The van der Waals surface area contributed by atoms with Crippen molar-refractivity contribution in [1.29, 1.82) is 0 Å². The Morgan fingerprint density at radius 2 is 1.94 bits per heavy atom. The maximum absolute atomic E-state index is 14.7. The molecule has 0 spiro atoms. The minimum Gasteiger partial charge on any atom is -0.453 e. The number of Topliss-reactive ketones (excluding diaryl/α,β-unsaturated/α-hetero) is 1. The molecular weight excluding hydrogens is 454 g/mol. The highest BCUT2D eigenvalue weighted by Crippen LogP contribution is 2.40. The van der Waals surface area contributed by atoms with Gasteiger partial charge in [0.05, 0.1) is 24.2 Å². The van der Waals surface area contributed by atoms with Gasteiger partial charge in [0, 0.05) is 38.3 Å². The molecule has 0 bridgehead atoms. The Hall–Kier alpha value is -2.98. The molecule has 1 saturated heterocycles. The third-order valence-corrected chi connectivity index (χ3v) is 5.74. The topological polar surface area (TPSA) is 67.5 Å². The number of hydrogen-bond acceptors (Lipinski definition) is 5. The molecule has 6 nitrogen and oxygen atoms in total. The molecule has 1 aliphatic heterocycles. The average molecular weight is 479 g/mol. The van der Waals surface area contributed by atoms with Crippen LogP contribution in [0, 0.1) is 5.82 Å². The van der Waals surface area contributed by atoms with Gasteiger partial charge in [0.1, 0.15) is 17.2 Å². The number of pyridine rings is 1. The number of ether oxygens (including phenoxy) is 2. The number of morpholine rings is 1. The summed E-state index contributed by atoms with van der Waals surface area (Å²) in [7, 11) is 0. The smallest absolute Gasteiger partial charge is 0.418 e. The first-order valence-corrected chi connectivity index (χ1v) is 11.1. The number of benzene rings is 1. The Bertz CT molecular complexity index is 1140. The van der Waals surface area contributed by atoms with E-state index in [1.54, 1.807) is 6.07 Å². The molecule has 10 heteroatoms. The first-order valence-electron chi connectivity index (χ1n) is 11.1. The molecule has 182 valence electrons. The summed E-state index contributed by atoms with van der Waals surface area (Å²) in [6, 6.07) is 5.30. The van der Waals surface area contributed by atoms with Crippen molar-refractivity contribution in [3.05, 3.63) is 53.6 Å². The van der Waals surface area contributed by atoms with E-state index >= 15 is 0 Å². The molecule has 0 aliphatic carbocycles. The van der Waals surface area contributed by atoms with Gasteiger partial charge in [0.15, 0.2) is 11.6 Å². The highest BCUT2D eigenvalue weighted by atomic mass is 19.4. The molecule has 4 rings (SSSR count). The zero-order valence-electron chi connectivity index (χ0n) is 18.5. The van der Waals surface area contributed by atoms with Gasteiger partial charge < -0.3 is 14.5 Å². The van der Waals surface area contributed by atoms with Crippen LogP contribution in [0.5, 0.6) is 11.5 Å². The molecule has 3 heterocycles. The lowest BCUT2D eigenvalue weighted by atomic mass is 10.0. The van der Waals surface area contributed by atoms with Gasteiger partial charge in [0.2, 0.25) is 0 Å². The third kappa shape index (κ3) is 5.92. The van der Waals surface area contributed by atoms with Crippen molar-refractivity contribution in [2.45, 2.75) is 31.9 Å². The molecule has 1 aliphatic rings. The minimum atomic E-state index is -4.62. The Kier molecular flexibility index (Phi) is 7.47. The highest BCUT2D eigenvalue weighted by molar-refractivity contribution is 5.87. The molecule has 34 heavy (non-hydrogen) atoms. The maximum atomic E-state index is 14.7. The number of nitrogens with one attached hydrogen (secondary N) is 1. The van der Waals surface area contributed by atoms with Crippen molar-refractivity contribution in [2.75, 3.05) is 32.8 Å². The highest BCUT2D eigenvalue weighted by Gasteiger charge is 2.35. The summed E-state index contributed by atoms with van der Waals surface area (Å²) in [5, 5.41) is -0.272. The van der Waals surface area contributed by atoms with Gasteiger partial charge in [-0.25, -0.2) is 9.37 Å². The van der Waals surface area contributed by atoms with Gasteiger partial charge in [-0.05, 0) is 43.1 Å². The van der Waals surface area contributed by atoms with Crippen molar-refractivity contribution < 1.29 is 31.8 Å². The molecule has 0 unspecified atom stereocenters. The van der Waals surface area contributed by atoms with Crippen molar-refractivity contribution in [3.8, 4) is 11.5 Å². The summed E-state index contributed by atoms with van der Waals surface area (Å²) in [4.78, 5) is 20.9. The fraction of sp³-hybridized carbons (Fsp3) is 0.417. The van der Waals surface area contributed by atoms with Crippen molar-refractivity contribution in [2.24, 2.45) is 0 Å². The first-order chi connectivity index (χ1) is 16.3. The van der Waals surface area contributed by atoms with E-state index in [-0.39, 0.29) is 34.7 Å². The number of carbonyl (C=O) groups excluding carboxylic acids is 1. The number of ketones is 1. The number of unbranched alkanes of at least 4 members (excludes halogenated alkanes) is 1. The van der Waals surface area contributed by atoms with Crippen LogP contribution in [0.15, 0.2) is 36.7 Å². The summed E-state index contributed by atoms with van der Waals surface area (Å²) < 4.78 is 65.4. The monoisotopic (exact) mass is 479 g/mol.